The summed E-state index contributed by atoms with van der Waals surface area (Å²) >= 11 is 3.43. The Balaban J connectivity index is 1.60. The molecule has 2 unspecified atom stereocenters. The van der Waals surface area contributed by atoms with E-state index in [0.29, 0.717) is 12.2 Å². The van der Waals surface area contributed by atoms with Crippen molar-refractivity contribution in [3.05, 3.63) is 94.1 Å². The van der Waals surface area contributed by atoms with Crippen molar-refractivity contribution >= 4 is 44.5 Å². The number of urea groups is 1. The van der Waals surface area contributed by atoms with Crippen LogP contribution in [0.4, 0.5) is 10.5 Å². The number of carbonyl (C=O) groups excluding carboxylic acids is 2. The zero-order chi connectivity index (χ0) is 23.6. The average Bonchev–Trinajstić information content (AvgIpc) is 3.34. The Morgan fingerprint density at radius 3 is 2.47 bits per heavy atom. The Hall–Kier alpha value is -3.58. The second kappa shape index (κ2) is 7.46. The molecule has 0 spiro atoms. The number of hydrogen-bond donors (Lipinski definition) is 1. The van der Waals surface area contributed by atoms with E-state index in [1.807, 2.05) is 61.5 Å². The van der Waals surface area contributed by atoms with Crippen molar-refractivity contribution in [1.82, 2.24) is 9.88 Å². The van der Waals surface area contributed by atoms with Crippen molar-refractivity contribution < 1.29 is 14.3 Å². The van der Waals surface area contributed by atoms with Crippen LogP contribution in [-0.2, 0) is 10.3 Å². The smallest absolute Gasteiger partial charge is 0.332 e. The molecule has 3 aromatic carbocycles. The maximum Gasteiger partial charge on any atom is 0.332 e. The van der Waals surface area contributed by atoms with Crippen LogP contribution in [0, 0.1) is 0 Å². The van der Waals surface area contributed by atoms with Gasteiger partial charge in [0.15, 0.2) is 5.54 Å². The van der Waals surface area contributed by atoms with Crippen LogP contribution in [0.1, 0.15) is 29.7 Å². The van der Waals surface area contributed by atoms with E-state index in [4.69, 9.17) is 4.74 Å². The predicted molar refractivity (Wildman–Crippen MR) is 134 cm³/mol. The lowest BCUT2D eigenvalue weighted by Gasteiger charge is -2.40. The third-order valence-electron chi connectivity index (χ3n) is 7.13. The number of para-hydroxylation sites is 2. The summed E-state index contributed by atoms with van der Waals surface area (Å²) in [5.41, 5.74) is 3.14. The number of amides is 3. The largest absolute Gasteiger partial charge is 0.496 e. The molecule has 1 saturated heterocycles. The van der Waals surface area contributed by atoms with E-state index in [-0.39, 0.29) is 17.9 Å². The van der Waals surface area contributed by atoms with Crippen molar-refractivity contribution in [2.75, 3.05) is 18.6 Å². The summed E-state index contributed by atoms with van der Waals surface area (Å²) in [7, 11) is 1.65. The van der Waals surface area contributed by atoms with E-state index in [9.17, 15) is 9.59 Å². The number of anilines is 1. The van der Waals surface area contributed by atoms with Gasteiger partial charge in [0.05, 0.1) is 18.5 Å². The highest BCUT2D eigenvalue weighted by atomic mass is 79.9. The van der Waals surface area contributed by atoms with E-state index in [2.05, 4.69) is 27.0 Å². The lowest BCUT2D eigenvalue weighted by Crippen LogP contribution is -2.50. The number of fused-ring (bicyclic) bond motifs is 5. The molecule has 0 bridgehead atoms. The second-order valence-corrected chi connectivity index (χ2v) is 9.75. The van der Waals surface area contributed by atoms with Crippen molar-refractivity contribution in [3.63, 3.8) is 0 Å². The predicted octanol–water partition coefficient (Wildman–Crippen LogP) is 5.77. The Labute approximate surface area is 205 Å². The van der Waals surface area contributed by atoms with Gasteiger partial charge in [-0.05, 0) is 48.9 Å². The van der Waals surface area contributed by atoms with Gasteiger partial charge in [0.1, 0.15) is 5.75 Å². The molecule has 0 saturated carbocycles. The maximum atomic E-state index is 14.0. The SMILES string of the molecule is COc1ccccc1C1CN2C(=O)N(c3ccc(Br)cc3)C(=O)C2(C)c2[nH]c3ccccc3c21. The van der Waals surface area contributed by atoms with Gasteiger partial charge in [0, 0.05) is 33.4 Å². The molecule has 0 radical (unpaired) electrons. The summed E-state index contributed by atoms with van der Waals surface area (Å²) in [6.45, 7) is 2.21. The fourth-order valence-corrected chi connectivity index (χ4v) is 5.71. The highest BCUT2D eigenvalue weighted by molar-refractivity contribution is 9.10. The topological polar surface area (TPSA) is 65.6 Å². The molecule has 3 amide bonds. The molecule has 6 rings (SSSR count). The first-order chi connectivity index (χ1) is 16.4. The molecule has 1 fully saturated rings. The van der Waals surface area contributed by atoms with Crippen LogP contribution in [0.3, 0.4) is 0 Å². The van der Waals surface area contributed by atoms with Gasteiger partial charge in [0.25, 0.3) is 5.91 Å². The van der Waals surface area contributed by atoms with E-state index in [1.165, 1.54) is 4.90 Å². The summed E-state index contributed by atoms with van der Waals surface area (Å²) in [6, 6.07) is 22.8. The van der Waals surface area contributed by atoms with Crippen LogP contribution < -0.4 is 9.64 Å². The zero-order valence-corrected chi connectivity index (χ0v) is 20.3. The van der Waals surface area contributed by atoms with Crippen LogP contribution in [0.5, 0.6) is 5.75 Å². The number of aromatic amines is 1. The summed E-state index contributed by atoms with van der Waals surface area (Å²) in [6.07, 6.45) is 0. The molecule has 3 heterocycles. The summed E-state index contributed by atoms with van der Waals surface area (Å²) < 4.78 is 6.58. The van der Waals surface area contributed by atoms with Gasteiger partial charge in [-0.1, -0.05) is 52.3 Å². The molecule has 170 valence electrons. The molecule has 4 aromatic rings. The van der Waals surface area contributed by atoms with E-state index >= 15 is 0 Å². The van der Waals surface area contributed by atoms with E-state index < -0.39 is 5.54 Å². The number of hydrogen-bond acceptors (Lipinski definition) is 3. The number of benzene rings is 3. The van der Waals surface area contributed by atoms with Gasteiger partial charge >= 0.3 is 6.03 Å². The molecule has 1 aromatic heterocycles. The number of nitrogens with one attached hydrogen (secondary N) is 1. The molecule has 7 heteroatoms. The zero-order valence-electron chi connectivity index (χ0n) is 18.7. The molecular formula is C27H22BrN3O3. The number of imide groups is 1. The van der Waals surface area contributed by atoms with Gasteiger partial charge in [0.2, 0.25) is 0 Å². The van der Waals surface area contributed by atoms with Crippen LogP contribution >= 0.6 is 15.9 Å². The minimum atomic E-state index is -1.14. The monoisotopic (exact) mass is 515 g/mol. The molecule has 2 atom stereocenters. The van der Waals surface area contributed by atoms with Crippen LogP contribution in [-0.4, -0.2) is 35.5 Å². The molecule has 6 nitrogen and oxygen atoms in total. The van der Waals surface area contributed by atoms with Crippen LogP contribution in [0.2, 0.25) is 0 Å². The molecule has 2 aliphatic rings. The maximum absolute atomic E-state index is 14.0. The second-order valence-electron chi connectivity index (χ2n) is 8.84. The first-order valence-electron chi connectivity index (χ1n) is 11.1. The summed E-state index contributed by atoms with van der Waals surface area (Å²) in [5, 5.41) is 1.05. The summed E-state index contributed by atoms with van der Waals surface area (Å²) in [5.74, 6) is 0.346. The van der Waals surface area contributed by atoms with Crippen LogP contribution in [0.25, 0.3) is 10.9 Å². The summed E-state index contributed by atoms with van der Waals surface area (Å²) in [4.78, 5) is 34.2. The molecular weight excluding hydrogens is 494 g/mol. The highest BCUT2D eigenvalue weighted by Crippen LogP contribution is 2.51. The fraction of sp³-hybridized carbons (Fsp3) is 0.185. The van der Waals surface area contributed by atoms with E-state index in [0.717, 1.165) is 37.9 Å². The number of aromatic nitrogens is 1. The third-order valence-corrected chi connectivity index (χ3v) is 7.66. The van der Waals surface area contributed by atoms with Gasteiger partial charge in [-0.15, -0.1) is 0 Å². The first kappa shape index (κ1) is 21.0. The van der Waals surface area contributed by atoms with Crippen molar-refractivity contribution in [3.8, 4) is 5.75 Å². The average molecular weight is 516 g/mol. The van der Waals surface area contributed by atoms with Crippen molar-refractivity contribution in [2.45, 2.75) is 18.4 Å². The first-order valence-corrected chi connectivity index (χ1v) is 11.9. The molecule has 1 N–H and O–H groups in total. The minimum Gasteiger partial charge on any atom is -0.496 e. The fourth-order valence-electron chi connectivity index (χ4n) is 5.44. The Morgan fingerprint density at radius 2 is 1.71 bits per heavy atom. The Kier molecular flexibility index (Phi) is 4.61. The molecule has 0 aliphatic carbocycles. The van der Waals surface area contributed by atoms with Gasteiger partial charge in [-0.25, -0.2) is 9.69 Å². The quantitative estimate of drug-likeness (QED) is 0.352. The highest BCUT2D eigenvalue weighted by Gasteiger charge is 2.60. The number of H-pyrrole nitrogens is 1. The standard InChI is InChI=1S/C27H22BrN3O3/c1-27-24-23(19-8-3-5-9-21(19)29-24)20(18-7-4-6-10-22(18)34-2)15-30(27)26(33)31(25(27)32)17-13-11-16(28)12-14-17/h3-14,20,29H,15H2,1-2H3. The van der Waals surface area contributed by atoms with Gasteiger partial charge in [-0.3, -0.25) is 4.79 Å². The van der Waals surface area contributed by atoms with Crippen molar-refractivity contribution in [1.29, 1.82) is 0 Å². The number of carbonyl (C=O) groups is 2. The number of nitrogens with zero attached hydrogens (tertiary/aromatic N) is 2. The number of ether oxygens (including phenoxy) is 1. The lowest BCUT2D eigenvalue weighted by atomic mass is 9.78. The molecule has 34 heavy (non-hydrogen) atoms. The normalized spacial score (nSPS) is 21.7. The van der Waals surface area contributed by atoms with Crippen LogP contribution in [0.15, 0.2) is 77.3 Å². The Bertz CT molecular complexity index is 1460. The number of rotatable bonds is 3. The lowest BCUT2D eigenvalue weighted by molar-refractivity contribution is -0.125. The number of halogens is 1. The Morgan fingerprint density at radius 1 is 1.00 bits per heavy atom. The third kappa shape index (κ3) is 2.73. The number of methoxy groups -OCH3 is 1. The van der Waals surface area contributed by atoms with Crippen molar-refractivity contribution in [2.24, 2.45) is 0 Å². The van der Waals surface area contributed by atoms with E-state index in [1.54, 1.807) is 24.1 Å². The molecule has 2 aliphatic heterocycles. The van der Waals surface area contributed by atoms with Gasteiger partial charge < -0.3 is 14.6 Å². The minimum absolute atomic E-state index is 0.156. The van der Waals surface area contributed by atoms with Gasteiger partial charge in [-0.2, -0.15) is 0 Å².